The van der Waals surface area contributed by atoms with Crippen LogP contribution in [0.4, 0.5) is 5.69 Å². The predicted molar refractivity (Wildman–Crippen MR) is 83.0 cm³/mol. The van der Waals surface area contributed by atoms with E-state index in [-0.39, 0.29) is 28.2 Å². The Balaban J connectivity index is 2.40. The molecule has 1 aromatic carbocycles. The molecular formula is C15H14N2O8. The number of ether oxygens (including phenoxy) is 1. The number of anilines is 1. The van der Waals surface area contributed by atoms with Crippen molar-refractivity contribution >= 4 is 34.5 Å². The highest BCUT2D eigenvalue weighted by atomic mass is 16.5. The molecule has 0 bridgehead atoms. The number of rotatable bonds is 4. The molecule has 1 aromatic heterocycles. The lowest BCUT2D eigenvalue weighted by atomic mass is 9.81. The normalized spacial score (nSPS) is 22.1. The van der Waals surface area contributed by atoms with Crippen molar-refractivity contribution in [2.75, 3.05) is 12.4 Å². The van der Waals surface area contributed by atoms with E-state index in [0.29, 0.717) is 5.39 Å². The van der Waals surface area contributed by atoms with Crippen LogP contribution < -0.4 is 10.1 Å². The molecule has 0 radical (unpaired) electrons. The average molecular weight is 350 g/mol. The Hall–Kier alpha value is -3.27. The molecule has 10 nitrogen and oxygen atoms in total. The second kappa shape index (κ2) is 5.38. The summed E-state index contributed by atoms with van der Waals surface area (Å²) in [6.07, 6.45) is -0.644. The number of methoxy groups -OCH3 is 1. The van der Waals surface area contributed by atoms with Gasteiger partial charge in [0.25, 0.3) is 0 Å². The second-order valence-electron chi connectivity index (χ2n) is 5.69. The smallest absolute Gasteiger partial charge is 0.352 e. The van der Waals surface area contributed by atoms with Crippen molar-refractivity contribution in [2.45, 2.75) is 18.1 Å². The molecule has 0 saturated carbocycles. The van der Waals surface area contributed by atoms with E-state index in [1.54, 1.807) is 0 Å². The van der Waals surface area contributed by atoms with Gasteiger partial charge >= 0.3 is 17.9 Å². The molecule has 2 heterocycles. The summed E-state index contributed by atoms with van der Waals surface area (Å²) in [6.45, 7) is 0. The number of aliphatic carboxylic acids is 2. The molecule has 0 saturated heterocycles. The lowest BCUT2D eigenvalue weighted by molar-refractivity contribution is -0.162. The first-order valence-corrected chi connectivity index (χ1v) is 7.11. The van der Waals surface area contributed by atoms with Crippen LogP contribution in [-0.4, -0.2) is 56.5 Å². The summed E-state index contributed by atoms with van der Waals surface area (Å²) in [4.78, 5) is 36.8. The standard InChI is InChI=1S/C15H14N2O8/c1-25-8-3-5-2-6(12(18)19)16-10(5)9-11(8)17-7(13(20)21)4-15(9,24)14(22)23/h2-3,7,16-17,24H,4H2,1H3,(H,18,19)(H,20,21)(H,22,23). The van der Waals surface area contributed by atoms with Gasteiger partial charge < -0.3 is 35.5 Å². The van der Waals surface area contributed by atoms with Gasteiger partial charge in [0.1, 0.15) is 17.5 Å². The predicted octanol–water partition coefficient (Wildman–Crippen LogP) is 0.416. The van der Waals surface area contributed by atoms with Gasteiger partial charge in [-0.2, -0.15) is 0 Å². The number of aromatic amines is 1. The highest BCUT2D eigenvalue weighted by molar-refractivity contribution is 6.02. The Bertz CT molecular complexity index is 918. The Morgan fingerprint density at radius 1 is 1.24 bits per heavy atom. The van der Waals surface area contributed by atoms with E-state index in [2.05, 4.69) is 10.3 Å². The number of carbonyl (C=O) groups is 3. The summed E-state index contributed by atoms with van der Waals surface area (Å²) in [5.41, 5.74) is -2.86. The van der Waals surface area contributed by atoms with Crippen molar-refractivity contribution in [1.82, 2.24) is 4.98 Å². The van der Waals surface area contributed by atoms with Crippen LogP contribution in [-0.2, 0) is 15.2 Å². The third-order valence-corrected chi connectivity index (χ3v) is 4.22. The van der Waals surface area contributed by atoms with Crippen LogP contribution in [0.5, 0.6) is 5.75 Å². The number of hydrogen-bond acceptors (Lipinski definition) is 6. The van der Waals surface area contributed by atoms with Gasteiger partial charge in [0.15, 0.2) is 5.60 Å². The van der Waals surface area contributed by atoms with Gasteiger partial charge in [-0.3, -0.25) is 0 Å². The maximum Gasteiger partial charge on any atom is 0.352 e. The molecule has 132 valence electrons. The van der Waals surface area contributed by atoms with E-state index in [9.17, 15) is 29.7 Å². The zero-order valence-electron chi connectivity index (χ0n) is 12.9. The number of fused-ring (bicyclic) bond motifs is 3. The van der Waals surface area contributed by atoms with Crippen LogP contribution in [0, 0.1) is 0 Å². The monoisotopic (exact) mass is 350 g/mol. The minimum absolute atomic E-state index is 0.0164. The van der Waals surface area contributed by atoms with E-state index in [4.69, 9.17) is 9.84 Å². The van der Waals surface area contributed by atoms with E-state index >= 15 is 0 Å². The van der Waals surface area contributed by atoms with Crippen LogP contribution in [0.3, 0.4) is 0 Å². The molecule has 1 aliphatic rings. The largest absolute Gasteiger partial charge is 0.495 e. The number of aromatic nitrogens is 1. The number of H-pyrrole nitrogens is 1. The third-order valence-electron chi connectivity index (χ3n) is 4.22. The van der Waals surface area contributed by atoms with Crippen LogP contribution >= 0.6 is 0 Å². The van der Waals surface area contributed by atoms with Gasteiger partial charge in [-0.15, -0.1) is 0 Å². The number of aromatic carboxylic acids is 1. The van der Waals surface area contributed by atoms with Gasteiger partial charge in [-0.25, -0.2) is 14.4 Å². The van der Waals surface area contributed by atoms with Gasteiger partial charge in [0.05, 0.1) is 18.3 Å². The fourth-order valence-corrected chi connectivity index (χ4v) is 3.05. The van der Waals surface area contributed by atoms with Gasteiger partial charge in [0.2, 0.25) is 0 Å². The SMILES string of the molecule is COc1cc2cc(C(=O)O)[nH]c2c2c1NC(C(=O)O)CC2(O)C(=O)O. The summed E-state index contributed by atoms with van der Waals surface area (Å²) in [6, 6.07) is 1.33. The maximum atomic E-state index is 11.7. The van der Waals surface area contributed by atoms with Crippen molar-refractivity contribution in [3.05, 3.63) is 23.4 Å². The number of hydrogen-bond donors (Lipinski definition) is 6. The molecule has 1 aliphatic heterocycles. The zero-order chi connectivity index (χ0) is 18.5. The molecule has 0 spiro atoms. The first-order valence-electron chi connectivity index (χ1n) is 7.11. The third kappa shape index (κ3) is 2.34. The molecule has 2 unspecified atom stereocenters. The van der Waals surface area contributed by atoms with Gasteiger partial charge in [0, 0.05) is 17.4 Å². The summed E-state index contributed by atoms with van der Waals surface area (Å²) >= 11 is 0. The number of carboxylic acid groups (broad SMARTS) is 3. The number of aliphatic hydroxyl groups is 1. The molecule has 0 aliphatic carbocycles. The molecular weight excluding hydrogens is 336 g/mol. The lowest BCUT2D eigenvalue weighted by Gasteiger charge is -2.36. The lowest BCUT2D eigenvalue weighted by Crippen LogP contribution is -2.48. The fraction of sp³-hybridized carbons (Fsp3) is 0.267. The Morgan fingerprint density at radius 3 is 2.44 bits per heavy atom. The minimum Gasteiger partial charge on any atom is -0.495 e. The summed E-state index contributed by atoms with van der Waals surface area (Å²) in [7, 11) is 1.29. The van der Waals surface area contributed by atoms with Crippen LogP contribution in [0.25, 0.3) is 10.9 Å². The second-order valence-corrected chi connectivity index (χ2v) is 5.69. The van der Waals surface area contributed by atoms with Crippen molar-refractivity contribution in [1.29, 1.82) is 0 Å². The minimum atomic E-state index is -2.54. The molecule has 10 heteroatoms. The van der Waals surface area contributed by atoms with Gasteiger partial charge in [-0.05, 0) is 12.1 Å². The Kier molecular flexibility index (Phi) is 3.57. The van der Waals surface area contributed by atoms with Gasteiger partial charge in [-0.1, -0.05) is 0 Å². The molecule has 2 aromatic rings. The first kappa shape index (κ1) is 16.6. The highest BCUT2D eigenvalue weighted by Gasteiger charge is 2.49. The average Bonchev–Trinajstić information content (AvgIpc) is 2.97. The molecule has 0 fully saturated rings. The maximum absolute atomic E-state index is 11.7. The van der Waals surface area contributed by atoms with E-state index in [0.717, 1.165) is 0 Å². The molecule has 25 heavy (non-hydrogen) atoms. The van der Waals surface area contributed by atoms with Crippen LogP contribution in [0.1, 0.15) is 22.5 Å². The topological polar surface area (TPSA) is 169 Å². The Labute approximate surface area is 139 Å². The molecule has 0 amide bonds. The molecule has 6 N–H and O–H groups in total. The summed E-state index contributed by atoms with van der Waals surface area (Å²) < 4.78 is 5.17. The number of nitrogens with one attached hydrogen (secondary N) is 2. The number of benzene rings is 1. The highest BCUT2D eigenvalue weighted by Crippen LogP contribution is 2.47. The fourth-order valence-electron chi connectivity index (χ4n) is 3.05. The van der Waals surface area contributed by atoms with Crippen molar-refractivity contribution in [3.63, 3.8) is 0 Å². The van der Waals surface area contributed by atoms with E-state index in [1.807, 2.05) is 0 Å². The van der Waals surface area contributed by atoms with Crippen molar-refractivity contribution in [3.8, 4) is 5.75 Å². The number of carboxylic acids is 3. The van der Waals surface area contributed by atoms with Crippen LogP contribution in [0.15, 0.2) is 12.1 Å². The Morgan fingerprint density at radius 2 is 1.92 bits per heavy atom. The van der Waals surface area contributed by atoms with E-state index in [1.165, 1.54) is 19.2 Å². The summed E-state index contributed by atoms with van der Waals surface area (Å²) in [5.74, 6) is -4.17. The summed E-state index contributed by atoms with van der Waals surface area (Å²) in [5, 5.41) is 41.6. The van der Waals surface area contributed by atoms with E-state index < -0.39 is 36.0 Å². The quantitative estimate of drug-likeness (QED) is 0.457. The first-order chi connectivity index (χ1) is 11.7. The molecule has 2 atom stereocenters. The molecule has 3 rings (SSSR count). The van der Waals surface area contributed by atoms with Crippen molar-refractivity contribution in [2.24, 2.45) is 0 Å². The zero-order valence-corrected chi connectivity index (χ0v) is 12.9. The van der Waals surface area contributed by atoms with Crippen molar-refractivity contribution < 1.29 is 39.5 Å². The van der Waals surface area contributed by atoms with Crippen LogP contribution in [0.2, 0.25) is 0 Å².